The maximum absolute atomic E-state index is 12.3. The number of pyridine rings is 1. The van der Waals surface area contributed by atoms with Crippen LogP contribution in [0.25, 0.3) is 0 Å². The van der Waals surface area contributed by atoms with Gasteiger partial charge in [0.2, 0.25) is 0 Å². The van der Waals surface area contributed by atoms with E-state index in [4.69, 9.17) is 9.47 Å². The van der Waals surface area contributed by atoms with Crippen LogP contribution in [-0.2, 0) is 4.74 Å². The van der Waals surface area contributed by atoms with E-state index >= 15 is 0 Å². The molecule has 0 spiro atoms. The molecule has 10 heteroatoms. The van der Waals surface area contributed by atoms with E-state index in [1.54, 1.807) is 30.0 Å². The predicted molar refractivity (Wildman–Crippen MR) is 94.9 cm³/mol. The lowest BCUT2D eigenvalue weighted by molar-refractivity contribution is -0.592. The van der Waals surface area contributed by atoms with Gasteiger partial charge in [0, 0.05) is 19.2 Å². The van der Waals surface area contributed by atoms with Crippen molar-refractivity contribution < 1.29 is 23.9 Å². The molecule has 0 saturated carbocycles. The topological polar surface area (TPSA) is 121 Å². The van der Waals surface area contributed by atoms with Gasteiger partial charge in [0.05, 0.1) is 17.2 Å². The van der Waals surface area contributed by atoms with E-state index < -0.39 is 16.6 Å². The number of carbonyl (C=O) groups excluding carboxylic acids is 1. The van der Waals surface area contributed by atoms with E-state index in [9.17, 15) is 20.1 Å². The molecular weight excluding hydrogens is 356 g/mol. The average Bonchev–Trinajstić information content (AvgIpc) is 2.65. The Morgan fingerprint density at radius 3 is 2.89 bits per heavy atom. The fourth-order valence-corrected chi connectivity index (χ4v) is 2.83. The highest BCUT2D eigenvalue weighted by Gasteiger charge is 2.43. The van der Waals surface area contributed by atoms with E-state index in [0.29, 0.717) is 16.2 Å². The van der Waals surface area contributed by atoms with Gasteiger partial charge < -0.3 is 20.0 Å². The molecule has 0 aliphatic carbocycles. The Balaban J connectivity index is 2.04. The van der Waals surface area contributed by atoms with Crippen LogP contribution in [0, 0.1) is 15.3 Å². The van der Waals surface area contributed by atoms with Crippen LogP contribution in [0.1, 0.15) is 6.92 Å². The second-order valence-electron chi connectivity index (χ2n) is 6.26. The van der Waals surface area contributed by atoms with Gasteiger partial charge in [-0.15, -0.1) is 0 Å². The van der Waals surface area contributed by atoms with Gasteiger partial charge in [-0.25, -0.2) is 14.4 Å². The van der Waals surface area contributed by atoms with Crippen LogP contribution in [0.5, 0.6) is 5.75 Å². The zero-order valence-corrected chi connectivity index (χ0v) is 14.7. The standard InChI is InChI=1S/C17H18N4O6/c1-17(11-26-16(22)18-2)10-19(15-5-3-4-8-20(15)23)13-9-12(21(24)25)6-7-14(13)27-17/h3-9H,10-11H2,1-2H3,(H,18,22). The lowest BCUT2D eigenvalue weighted by Crippen LogP contribution is -2.53. The van der Waals surface area contributed by atoms with Crippen molar-refractivity contribution in [2.24, 2.45) is 0 Å². The van der Waals surface area contributed by atoms with Gasteiger partial charge in [-0.3, -0.25) is 10.1 Å². The molecule has 10 nitrogen and oxygen atoms in total. The van der Waals surface area contributed by atoms with E-state index in [-0.39, 0.29) is 24.7 Å². The van der Waals surface area contributed by atoms with E-state index in [1.807, 2.05) is 0 Å². The molecule has 1 amide bonds. The summed E-state index contributed by atoms with van der Waals surface area (Å²) in [4.78, 5) is 23.7. The van der Waals surface area contributed by atoms with Gasteiger partial charge in [0.15, 0.2) is 17.0 Å². The van der Waals surface area contributed by atoms with Crippen molar-refractivity contribution in [2.45, 2.75) is 12.5 Å². The number of ether oxygens (including phenoxy) is 2. The summed E-state index contributed by atoms with van der Waals surface area (Å²) in [6, 6.07) is 9.00. The molecule has 0 radical (unpaired) electrons. The number of nitrogens with zero attached hydrogens (tertiary/aromatic N) is 3. The summed E-state index contributed by atoms with van der Waals surface area (Å²) in [5.41, 5.74) is -0.711. The number of aromatic nitrogens is 1. The summed E-state index contributed by atoms with van der Waals surface area (Å²) in [5.74, 6) is 0.618. The van der Waals surface area contributed by atoms with Crippen molar-refractivity contribution in [2.75, 3.05) is 25.1 Å². The number of nitro groups is 1. The molecular formula is C17H18N4O6. The number of alkyl carbamates (subject to hydrolysis) is 1. The number of rotatable bonds is 4. The smallest absolute Gasteiger partial charge is 0.407 e. The van der Waals surface area contributed by atoms with Gasteiger partial charge in [-0.1, -0.05) is 6.07 Å². The number of benzene rings is 1. The van der Waals surface area contributed by atoms with Crippen molar-refractivity contribution in [1.82, 2.24) is 5.32 Å². The first-order valence-electron chi connectivity index (χ1n) is 8.11. The second kappa shape index (κ2) is 6.98. The summed E-state index contributed by atoms with van der Waals surface area (Å²) >= 11 is 0. The molecule has 1 aliphatic heterocycles. The Bertz CT molecular complexity index is 889. The third-order valence-electron chi connectivity index (χ3n) is 4.09. The average molecular weight is 374 g/mol. The molecule has 1 atom stereocenters. The van der Waals surface area contributed by atoms with Crippen LogP contribution in [0.3, 0.4) is 0 Å². The fourth-order valence-electron chi connectivity index (χ4n) is 2.83. The third kappa shape index (κ3) is 3.68. The van der Waals surface area contributed by atoms with Crippen LogP contribution in [0.2, 0.25) is 0 Å². The fraction of sp³-hybridized carbons (Fsp3) is 0.294. The molecule has 1 unspecified atom stereocenters. The molecule has 1 aromatic heterocycles. The Hall–Kier alpha value is -3.56. The molecule has 142 valence electrons. The first-order chi connectivity index (χ1) is 12.8. The molecule has 27 heavy (non-hydrogen) atoms. The molecule has 0 bridgehead atoms. The molecule has 3 rings (SSSR count). The predicted octanol–water partition coefficient (Wildman–Crippen LogP) is 1.87. The summed E-state index contributed by atoms with van der Waals surface area (Å²) in [6.45, 7) is 1.79. The highest BCUT2D eigenvalue weighted by Crippen LogP contribution is 2.42. The molecule has 2 aromatic rings. The minimum atomic E-state index is -0.974. The third-order valence-corrected chi connectivity index (χ3v) is 4.09. The quantitative estimate of drug-likeness (QED) is 0.375. The first-order valence-corrected chi connectivity index (χ1v) is 8.11. The molecule has 1 aliphatic rings. The summed E-state index contributed by atoms with van der Waals surface area (Å²) < 4.78 is 11.8. The number of non-ortho nitro benzene ring substituents is 1. The number of anilines is 2. The highest BCUT2D eigenvalue weighted by molar-refractivity contribution is 5.71. The number of hydrogen-bond donors (Lipinski definition) is 1. The summed E-state index contributed by atoms with van der Waals surface area (Å²) in [6.07, 6.45) is 0.722. The largest absolute Gasteiger partial charge is 0.711 e. The van der Waals surface area contributed by atoms with Crippen LogP contribution >= 0.6 is 0 Å². The second-order valence-corrected chi connectivity index (χ2v) is 6.26. The van der Waals surface area contributed by atoms with Crippen molar-refractivity contribution in [3.8, 4) is 5.75 Å². The molecule has 1 aromatic carbocycles. The number of carbonyl (C=O) groups is 1. The van der Waals surface area contributed by atoms with Crippen LogP contribution < -0.4 is 19.7 Å². The Morgan fingerprint density at radius 2 is 2.22 bits per heavy atom. The Labute approximate surface area is 154 Å². The van der Waals surface area contributed by atoms with Crippen LogP contribution in [0.4, 0.5) is 22.0 Å². The minimum Gasteiger partial charge on any atom is -0.711 e. The normalized spacial score (nSPS) is 18.2. The SMILES string of the molecule is CNC(=O)OCC1(C)CN(c2cccc[n+]2[O-])c2cc([N+](=O)[O-])ccc2O1. The number of fused-ring (bicyclic) bond motifs is 1. The van der Waals surface area contributed by atoms with Gasteiger partial charge in [-0.2, -0.15) is 0 Å². The van der Waals surface area contributed by atoms with Gasteiger partial charge in [0.25, 0.3) is 11.5 Å². The first kappa shape index (κ1) is 18.2. The minimum absolute atomic E-state index is 0.0781. The Kier molecular flexibility index (Phi) is 4.72. The van der Waals surface area contributed by atoms with E-state index in [0.717, 1.165) is 0 Å². The van der Waals surface area contributed by atoms with Gasteiger partial charge in [0.1, 0.15) is 13.2 Å². The summed E-state index contributed by atoms with van der Waals surface area (Å²) in [5, 5.41) is 25.8. The highest BCUT2D eigenvalue weighted by atomic mass is 16.6. The monoisotopic (exact) mass is 374 g/mol. The molecule has 0 fully saturated rings. The number of nitrogens with one attached hydrogen (secondary N) is 1. The maximum Gasteiger partial charge on any atom is 0.407 e. The molecule has 1 N–H and O–H groups in total. The zero-order valence-electron chi connectivity index (χ0n) is 14.7. The molecule has 2 heterocycles. The zero-order chi connectivity index (χ0) is 19.6. The number of amides is 1. The van der Waals surface area contributed by atoms with E-state index in [1.165, 1.54) is 31.4 Å². The lowest BCUT2D eigenvalue weighted by atomic mass is 10.0. The van der Waals surface area contributed by atoms with Crippen molar-refractivity contribution in [3.63, 3.8) is 0 Å². The van der Waals surface area contributed by atoms with Gasteiger partial charge in [-0.05, 0) is 19.1 Å². The lowest BCUT2D eigenvalue weighted by Gasteiger charge is -2.38. The molecule has 0 saturated heterocycles. The summed E-state index contributed by atoms with van der Waals surface area (Å²) in [7, 11) is 1.44. The van der Waals surface area contributed by atoms with Crippen molar-refractivity contribution >= 4 is 23.3 Å². The van der Waals surface area contributed by atoms with Crippen molar-refractivity contribution in [3.05, 3.63) is 57.9 Å². The number of nitro benzene ring substituents is 1. The van der Waals surface area contributed by atoms with E-state index in [2.05, 4.69) is 5.32 Å². The van der Waals surface area contributed by atoms with Gasteiger partial charge >= 0.3 is 6.09 Å². The maximum atomic E-state index is 12.3. The van der Waals surface area contributed by atoms with Crippen LogP contribution in [-0.4, -0.2) is 36.8 Å². The van der Waals surface area contributed by atoms with Crippen LogP contribution in [0.15, 0.2) is 42.6 Å². The number of hydrogen-bond acceptors (Lipinski definition) is 7. The van der Waals surface area contributed by atoms with Crippen molar-refractivity contribution in [1.29, 1.82) is 0 Å². The Morgan fingerprint density at radius 1 is 1.44 bits per heavy atom.